The molecule has 0 bridgehead atoms. The number of nitrogens with one attached hydrogen (secondary N) is 1. The predicted octanol–water partition coefficient (Wildman–Crippen LogP) is 2.49. The molecule has 1 N–H and O–H groups in total. The lowest BCUT2D eigenvalue weighted by atomic mass is 10.0. The van der Waals surface area contributed by atoms with E-state index < -0.39 is 17.6 Å². The Hall–Kier alpha value is -2.98. The van der Waals surface area contributed by atoms with E-state index >= 15 is 0 Å². The van der Waals surface area contributed by atoms with Crippen molar-refractivity contribution in [1.29, 1.82) is 5.26 Å². The Balaban J connectivity index is 2.24. The fourth-order valence-corrected chi connectivity index (χ4v) is 2.03. The van der Waals surface area contributed by atoms with Gasteiger partial charge in [0.1, 0.15) is 11.5 Å². The van der Waals surface area contributed by atoms with E-state index in [4.69, 9.17) is 16.3 Å². The molecule has 1 amide bonds. The monoisotopic (exact) mass is 344 g/mol. The summed E-state index contributed by atoms with van der Waals surface area (Å²) >= 11 is 5.96. The van der Waals surface area contributed by atoms with Crippen molar-refractivity contribution in [2.75, 3.05) is 11.9 Å². The molecule has 24 heavy (non-hydrogen) atoms. The third-order valence-corrected chi connectivity index (χ3v) is 3.22. The molecular weight excluding hydrogens is 332 g/mol. The lowest BCUT2D eigenvalue weighted by Gasteiger charge is -2.10. The van der Waals surface area contributed by atoms with E-state index in [0.717, 1.165) is 0 Å². The van der Waals surface area contributed by atoms with Crippen LogP contribution in [-0.4, -0.2) is 28.3 Å². The first kappa shape index (κ1) is 17.4. The van der Waals surface area contributed by atoms with Gasteiger partial charge >= 0.3 is 0 Å². The number of nitriles is 1. The van der Waals surface area contributed by atoms with Crippen LogP contribution in [0.2, 0.25) is 5.02 Å². The average Bonchev–Trinajstić information content (AvgIpc) is 2.58. The zero-order valence-corrected chi connectivity index (χ0v) is 13.4. The number of Topliss-reactive ketones (excluding diaryl/α,β-unsaturated/α-hetero) is 1. The van der Waals surface area contributed by atoms with Crippen LogP contribution in [0.1, 0.15) is 17.4 Å². The fraction of sp³-hybridized carbons (Fsp3) is 0.188. The summed E-state index contributed by atoms with van der Waals surface area (Å²) in [6.45, 7) is 2.11. The van der Waals surface area contributed by atoms with Gasteiger partial charge in [-0.05, 0) is 25.1 Å². The van der Waals surface area contributed by atoms with Gasteiger partial charge in [-0.2, -0.15) is 5.26 Å². The van der Waals surface area contributed by atoms with E-state index in [1.165, 1.54) is 24.4 Å². The Morgan fingerprint density at radius 3 is 2.79 bits per heavy atom. The summed E-state index contributed by atoms with van der Waals surface area (Å²) in [6, 6.07) is 9.47. The molecule has 1 unspecified atom stereocenters. The summed E-state index contributed by atoms with van der Waals surface area (Å²) in [6.07, 6.45) is 1.47. The second-order valence-electron chi connectivity index (χ2n) is 4.54. The quantitative estimate of drug-likeness (QED) is 0.637. The van der Waals surface area contributed by atoms with Gasteiger partial charge < -0.3 is 10.1 Å². The van der Waals surface area contributed by atoms with Gasteiger partial charge in [0, 0.05) is 12.3 Å². The van der Waals surface area contributed by atoms with Gasteiger partial charge in [-0.15, -0.1) is 0 Å². The second-order valence-corrected chi connectivity index (χ2v) is 4.95. The van der Waals surface area contributed by atoms with Crippen LogP contribution in [0.3, 0.4) is 0 Å². The Morgan fingerprint density at radius 2 is 2.17 bits per heavy atom. The normalized spacial score (nSPS) is 11.2. The van der Waals surface area contributed by atoms with Crippen molar-refractivity contribution in [2.45, 2.75) is 6.92 Å². The zero-order chi connectivity index (χ0) is 17.5. The first-order chi connectivity index (χ1) is 11.6. The van der Waals surface area contributed by atoms with E-state index in [1.807, 2.05) is 0 Å². The molecular formula is C16H13ClN4O3. The number of carbonyl (C=O) groups is 2. The molecule has 2 rings (SSSR count). The number of halogens is 1. The summed E-state index contributed by atoms with van der Waals surface area (Å²) < 4.78 is 5.21. The smallest absolute Gasteiger partial charge is 0.250 e. The van der Waals surface area contributed by atoms with E-state index in [0.29, 0.717) is 6.61 Å². The van der Waals surface area contributed by atoms with Crippen LogP contribution in [0.4, 0.5) is 5.82 Å². The number of hydrogen-bond acceptors (Lipinski definition) is 6. The standard InChI is InChI=1S/C16H13ClN4O3/c1-2-24-13-7-6-11(17)14(21-13)15(22)10(9-18)16(23)20-12-5-3-4-8-19-12/h3-8,10H,2H2,1H3,(H,19,20,23). The average molecular weight is 345 g/mol. The minimum absolute atomic E-state index is 0.0364. The maximum atomic E-state index is 12.5. The van der Waals surface area contributed by atoms with Crippen molar-refractivity contribution < 1.29 is 14.3 Å². The maximum Gasteiger partial charge on any atom is 0.250 e. The van der Waals surface area contributed by atoms with Gasteiger partial charge in [0.15, 0.2) is 5.92 Å². The van der Waals surface area contributed by atoms with E-state index in [1.54, 1.807) is 25.1 Å². The minimum Gasteiger partial charge on any atom is -0.478 e. The summed E-state index contributed by atoms with van der Waals surface area (Å²) in [5.74, 6) is -2.79. The third kappa shape index (κ3) is 4.06. The van der Waals surface area contributed by atoms with Crippen molar-refractivity contribution in [3.05, 3.63) is 47.2 Å². The van der Waals surface area contributed by atoms with Crippen LogP contribution < -0.4 is 10.1 Å². The van der Waals surface area contributed by atoms with Gasteiger partial charge in [0.05, 0.1) is 17.7 Å². The van der Waals surface area contributed by atoms with Gasteiger partial charge in [-0.3, -0.25) is 9.59 Å². The largest absolute Gasteiger partial charge is 0.478 e. The first-order valence-electron chi connectivity index (χ1n) is 7.02. The Kier molecular flexibility index (Phi) is 5.82. The molecule has 0 saturated carbocycles. The maximum absolute atomic E-state index is 12.5. The Labute approximate surface area is 143 Å². The van der Waals surface area contributed by atoms with Crippen LogP contribution >= 0.6 is 11.6 Å². The molecule has 0 saturated heterocycles. The summed E-state index contributed by atoms with van der Waals surface area (Å²) in [7, 11) is 0. The lowest BCUT2D eigenvalue weighted by Crippen LogP contribution is -2.29. The van der Waals surface area contributed by atoms with Crippen LogP contribution in [0.5, 0.6) is 5.88 Å². The van der Waals surface area contributed by atoms with E-state index in [9.17, 15) is 14.9 Å². The molecule has 7 nitrogen and oxygen atoms in total. The minimum atomic E-state index is -1.60. The molecule has 0 fully saturated rings. The first-order valence-corrected chi connectivity index (χ1v) is 7.39. The topological polar surface area (TPSA) is 105 Å². The zero-order valence-electron chi connectivity index (χ0n) is 12.7. The lowest BCUT2D eigenvalue weighted by molar-refractivity contribution is -0.117. The predicted molar refractivity (Wildman–Crippen MR) is 86.7 cm³/mol. The van der Waals surface area contributed by atoms with Crippen LogP contribution in [0, 0.1) is 17.2 Å². The summed E-state index contributed by atoms with van der Waals surface area (Å²) in [4.78, 5) is 32.5. The molecule has 2 aromatic rings. The number of ketones is 1. The SMILES string of the molecule is CCOc1ccc(Cl)c(C(=O)C(C#N)C(=O)Nc2ccccn2)n1. The molecule has 2 heterocycles. The number of carbonyl (C=O) groups excluding carboxylic acids is 2. The molecule has 122 valence electrons. The van der Waals surface area contributed by atoms with Crippen LogP contribution in [-0.2, 0) is 4.79 Å². The molecule has 8 heteroatoms. The van der Waals surface area contributed by atoms with Crippen molar-refractivity contribution in [2.24, 2.45) is 5.92 Å². The third-order valence-electron chi connectivity index (χ3n) is 2.92. The number of hydrogen-bond donors (Lipinski definition) is 1. The van der Waals surface area contributed by atoms with E-state index in [-0.39, 0.29) is 22.4 Å². The highest BCUT2D eigenvalue weighted by Gasteiger charge is 2.30. The van der Waals surface area contributed by atoms with Crippen LogP contribution in [0.25, 0.3) is 0 Å². The van der Waals surface area contributed by atoms with E-state index in [2.05, 4.69) is 15.3 Å². The van der Waals surface area contributed by atoms with Gasteiger partial charge in [-0.25, -0.2) is 9.97 Å². The molecule has 0 aliphatic heterocycles. The number of nitrogens with zero attached hydrogens (tertiary/aromatic N) is 3. The van der Waals surface area contributed by atoms with Gasteiger partial charge in [0.2, 0.25) is 11.7 Å². The Morgan fingerprint density at radius 1 is 1.38 bits per heavy atom. The van der Waals surface area contributed by atoms with Crippen molar-refractivity contribution in [1.82, 2.24) is 9.97 Å². The summed E-state index contributed by atoms with van der Waals surface area (Å²) in [5.41, 5.74) is -0.190. The fourth-order valence-electron chi connectivity index (χ4n) is 1.83. The molecule has 0 spiro atoms. The number of anilines is 1. The van der Waals surface area contributed by atoms with Crippen molar-refractivity contribution >= 4 is 29.1 Å². The Bertz CT molecular complexity index is 790. The molecule has 0 aliphatic carbocycles. The molecule has 1 atom stereocenters. The molecule has 2 aromatic heterocycles. The second kappa shape index (κ2) is 8.04. The molecule has 0 aromatic carbocycles. The number of ether oxygens (including phenoxy) is 1. The number of amides is 1. The van der Waals surface area contributed by atoms with Crippen molar-refractivity contribution in [3.8, 4) is 11.9 Å². The van der Waals surface area contributed by atoms with Crippen LogP contribution in [0.15, 0.2) is 36.5 Å². The molecule has 0 radical (unpaired) electrons. The highest BCUT2D eigenvalue weighted by Crippen LogP contribution is 2.21. The number of pyridine rings is 2. The van der Waals surface area contributed by atoms with Gasteiger partial charge in [0.25, 0.3) is 5.91 Å². The number of rotatable bonds is 6. The highest BCUT2D eigenvalue weighted by molar-refractivity contribution is 6.34. The number of aromatic nitrogens is 2. The summed E-state index contributed by atoms with van der Waals surface area (Å²) in [5, 5.41) is 11.7. The van der Waals surface area contributed by atoms with Gasteiger partial charge in [-0.1, -0.05) is 17.7 Å². The highest BCUT2D eigenvalue weighted by atomic mass is 35.5. The molecule has 0 aliphatic rings. The van der Waals surface area contributed by atoms with Crippen molar-refractivity contribution in [3.63, 3.8) is 0 Å².